The van der Waals surface area contributed by atoms with Crippen molar-refractivity contribution in [3.63, 3.8) is 0 Å². The molecule has 32 heavy (non-hydrogen) atoms. The van der Waals surface area contributed by atoms with Crippen LogP contribution >= 0.6 is 23.2 Å². The molecule has 0 aromatic heterocycles. The van der Waals surface area contributed by atoms with E-state index in [4.69, 9.17) is 28.9 Å². The van der Waals surface area contributed by atoms with Gasteiger partial charge in [0.2, 0.25) is 5.91 Å². The summed E-state index contributed by atoms with van der Waals surface area (Å²) >= 11 is 12.1. The molecule has 2 amide bonds. The first-order chi connectivity index (χ1) is 15.2. The Bertz CT molecular complexity index is 1230. The van der Waals surface area contributed by atoms with E-state index in [9.17, 15) is 18.8 Å². The SMILES string of the molecule is Cc1ccc(C(=O)NCC(N)=O)cc1C(=O)c1ccc(Nc2ccc(Cl)cc2F)cc1Cl. The Labute approximate surface area is 193 Å². The minimum atomic E-state index is -0.680. The number of hydrogen-bond donors (Lipinski definition) is 3. The first-order valence-corrected chi connectivity index (χ1v) is 10.1. The van der Waals surface area contributed by atoms with Crippen molar-refractivity contribution in [3.05, 3.63) is 92.7 Å². The Morgan fingerprint density at radius 2 is 1.72 bits per heavy atom. The Kier molecular flexibility index (Phi) is 7.12. The van der Waals surface area contributed by atoms with Crippen molar-refractivity contribution in [2.24, 2.45) is 5.73 Å². The van der Waals surface area contributed by atoms with Gasteiger partial charge in [-0.3, -0.25) is 14.4 Å². The van der Waals surface area contributed by atoms with Crippen LogP contribution in [0.4, 0.5) is 15.8 Å². The third-order valence-electron chi connectivity index (χ3n) is 4.59. The van der Waals surface area contributed by atoms with Crippen molar-refractivity contribution in [2.75, 3.05) is 11.9 Å². The normalized spacial score (nSPS) is 10.5. The lowest BCUT2D eigenvalue weighted by atomic mass is 9.96. The van der Waals surface area contributed by atoms with E-state index >= 15 is 0 Å². The van der Waals surface area contributed by atoms with Gasteiger partial charge in [-0.2, -0.15) is 0 Å². The fourth-order valence-corrected chi connectivity index (χ4v) is 3.37. The van der Waals surface area contributed by atoms with Crippen molar-refractivity contribution in [3.8, 4) is 0 Å². The molecule has 164 valence electrons. The van der Waals surface area contributed by atoms with Crippen LogP contribution in [0.25, 0.3) is 0 Å². The van der Waals surface area contributed by atoms with Crippen molar-refractivity contribution >= 4 is 52.2 Å². The van der Waals surface area contributed by atoms with E-state index in [1.54, 1.807) is 25.1 Å². The second-order valence-electron chi connectivity index (χ2n) is 6.95. The first-order valence-electron chi connectivity index (χ1n) is 9.39. The number of aryl methyl sites for hydroxylation is 1. The third-order valence-corrected chi connectivity index (χ3v) is 5.14. The number of carbonyl (C=O) groups excluding carboxylic acids is 3. The molecular weight excluding hydrogens is 456 g/mol. The number of halogens is 3. The molecule has 0 unspecified atom stereocenters. The number of nitrogens with two attached hydrogens (primary N) is 1. The average Bonchev–Trinajstić information content (AvgIpc) is 2.74. The summed E-state index contributed by atoms with van der Waals surface area (Å²) in [4.78, 5) is 36.2. The van der Waals surface area contributed by atoms with E-state index in [1.165, 1.54) is 36.4 Å². The molecule has 0 radical (unpaired) electrons. The van der Waals surface area contributed by atoms with Crippen molar-refractivity contribution in [1.29, 1.82) is 0 Å². The number of amides is 2. The first kappa shape index (κ1) is 23.2. The molecule has 3 aromatic carbocycles. The highest BCUT2D eigenvalue weighted by atomic mass is 35.5. The van der Waals surface area contributed by atoms with Gasteiger partial charge in [0, 0.05) is 27.4 Å². The maximum Gasteiger partial charge on any atom is 0.251 e. The van der Waals surface area contributed by atoms with Crippen LogP contribution in [-0.4, -0.2) is 24.1 Å². The summed E-state index contributed by atoms with van der Waals surface area (Å²) in [6, 6.07) is 13.4. The molecule has 0 atom stereocenters. The molecule has 0 aliphatic rings. The van der Waals surface area contributed by atoms with Gasteiger partial charge >= 0.3 is 0 Å². The molecule has 0 fully saturated rings. The molecule has 6 nitrogen and oxygen atoms in total. The number of hydrogen-bond acceptors (Lipinski definition) is 4. The van der Waals surface area contributed by atoms with Gasteiger partial charge in [-0.05, 0) is 61.0 Å². The Morgan fingerprint density at radius 3 is 2.38 bits per heavy atom. The van der Waals surface area contributed by atoms with Gasteiger partial charge in [-0.15, -0.1) is 0 Å². The predicted molar refractivity (Wildman–Crippen MR) is 122 cm³/mol. The third kappa shape index (κ3) is 5.43. The number of nitrogens with one attached hydrogen (secondary N) is 2. The van der Waals surface area contributed by atoms with Crippen LogP contribution in [0.2, 0.25) is 10.0 Å². The highest BCUT2D eigenvalue weighted by Crippen LogP contribution is 2.28. The van der Waals surface area contributed by atoms with Crippen LogP contribution in [0.15, 0.2) is 54.6 Å². The van der Waals surface area contributed by atoms with Crippen LogP contribution in [-0.2, 0) is 4.79 Å². The van der Waals surface area contributed by atoms with Gasteiger partial charge in [-0.25, -0.2) is 4.39 Å². The Balaban J connectivity index is 1.85. The molecule has 4 N–H and O–H groups in total. The maximum atomic E-state index is 14.0. The average molecular weight is 474 g/mol. The zero-order valence-corrected chi connectivity index (χ0v) is 18.4. The summed E-state index contributed by atoms with van der Waals surface area (Å²) in [7, 11) is 0. The summed E-state index contributed by atoms with van der Waals surface area (Å²) in [5, 5.41) is 5.68. The molecule has 0 spiro atoms. The quantitative estimate of drug-likeness (QED) is 0.435. The second-order valence-corrected chi connectivity index (χ2v) is 7.80. The summed E-state index contributed by atoms with van der Waals surface area (Å²) in [5.41, 5.74) is 7.05. The smallest absolute Gasteiger partial charge is 0.251 e. The highest BCUT2D eigenvalue weighted by Gasteiger charge is 2.18. The van der Waals surface area contributed by atoms with Gasteiger partial charge in [0.25, 0.3) is 5.91 Å². The van der Waals surface area contributed by atoms with Crippen LogP contribution in [0.5, 0.6) is 0 Å². The molecule has 3 rings (SSSR count). The van der Waals surface area contributed by atoms with Gasteiger partial charge in [0.05, 0.1) is 17.3 Å². The number of ketones is 1. The van der Waals surface area contributed by atoms with E-state index in [1.807, 2.05) is 0 Å². The van der Waals surface area contributed by atoms with Gasteiger partial charge in [0.15, 0.2) is 5.78 Å². The van der Waals surface area contributed by atoms with Crippen LogP contribution in [0.1, 0.15) is 31.8 Å². The molecular formula is C23H18Cl2FN3O3. The van der Waals surface area contributed by atoms with Gasteiger partial charge in [0.1, 0.15) is 5.82 Å². The highest BCUT2D eigenvalue weighted by molar-refractivity contribution is 6.35. The summed E-state index contributed by atoms with van der Waals surface area (Å²) < 4.78 is 14.0. The number of anilines is 2. The van der Waals surface area contributed by atoms with E-state index in [2.05, 4.69) is 10.6 Å². The minimum Gasteiger partial charge on any atom is -0.368 e. The van der Waals surface area contributed by atoms with E-state index in [-0.39, 0.29) is 44.8 Å². The maximum absolute atomic E-state index is 14.0. The lowest BCUT2D eigenvalue weighted by Crippen LogP contribution is -2.33. The van der Waals surface area contributed by atoms with Crippen LogP contribution in [0, 0.1) is 12.7 Å². The molecule has 3 aromatic rings. The van der Waals surface area contributed by atoms with Crippen LogP contribution in [0.3, 0.4) is 0 Å². The number of rotatable bonds is 7. The van der Waals surface area contributed by atoms with Crippen molar-refractivity contribution in [1.82, 2.24) is 5.32 Å². The minimum absolute atomic E-state index is 0.150. The fraction of sp³-hybridized carbons (Fsp3) is 0.0870. The number of primary amides is 1. The topological polar surface area (TPSA) is 101 Å². The summed E-state index contributed by atoms with van der Waals surface area (Å²) in [5.74, 6) is -2.13. The molecule has 0 aliphatic heterocycles. The van der Waals surface area contributed by atoms with Crippen LogP contribution < -0.4 is 16.4 Å². The molecule has 0 saturated heterocycles. The van der Waals surface area contributed by atoms with E-state index in [0.717, 1.165) is 0 Å². The molecule has 0 bridgehead atoms. The number of carbonyl (C=O) groups is 3. The number of benzene rings is 3. The second kappa shape index (κ2) is 9.80. The van der Waals surface area contributed by atoms with Crippen molar-refractivity contribution < 1.29 is 18.8 Å². The lowest BCUT2D eigenvalue weighted by molar-refractivity contribution is -0.117. The standard InChI is InChI=1S/C23H18Cl2FN3O3/c1-12-2-3-13(23(32)28-11-21(27)30)8-17(12)22(31)16-6-5-15(10-18(16)25)29-20-7-4-14(24)9-19(20)26/h2-10,29H,11H2,1H3,(H2,27,30)(H,28,32). The zero-order valence-electron chi connectivity index (χ0n) is 16.8. The Hall–Kier alpha value is -3.42. The Morgan fingerprint density at radius 1 is 0.969 bits per heavy atom. The largest absolute Gasteiger partial charge is 0.368 e. The van der Waals surface area contributed by atoms with E-state index in [0.29, 0.717) is 11.3 Å². The zero-order chi connectivity index (χ0) is 23.4. The molecule has 0 aliphatic carbocycles. The monoisotopic (exact) mass is 473 g/mol. The molecule has 0 saturated carbocycles. The molecule has 9 heteroatoms. The predicted octanol–water partition coefficient (Wildman–Crippen LogP) is 4.63. The molecule has 0 heterocycles. The van der Waals surface area contributed by atoms with Gasteiger partial charge in [-0.1, -0.05) is 29.3 Å². The van der Waals surface area contributed by atoms with Gasteiger partial charge < -0.3 is 16.4 Å². The fourth-order valence-electron chi connectivity index (χ4n) is 2.95. The summed E-state index contributed by atoms with van der Waals surface area (Å²) in [6.45, 7) is 1.41. The summed E-state index contributed by atoms with van der Waals surface area (Å²) in [6.07, 6.45) is 0. The van der Waals surface area contributed by atoms with Crippen molar-refractivity contribution in [2.45, 2.75) is 6.92 Å². The van der Waals surface area contributed by atoms with E-state index < -0.39 is 17.6 Å². The lowest BCUT2D eigenvalue weighted by Gasteiger charge is -2.12.